The molecule has 0 saturated carbocycles. The molecule has 0 spiro atoms. The fourth-order valence-corrected chi connectivity index (χ4v) is 2.95. The predicted molar refractivity (Wildman–Crippen MR) is 90.0 cm³/mol. The number of nitrogens with zero attached hydrogens (tertiary/aromatic N) is 2. The van der Waals surface area contributed by atoms with Crippen molar-refractivity contribution >= 4 is 5.69 Å². The molecule has 3 rings (SSSR count). The van der Waals surface area contributed by atoms with Gasteiger partial charge in [0.15, 0.2) is 0 Å². The standard InChI is InChI=1S/C18H19FN2O4/c19-15-2-5-18(6-3-15)25-12-17(22)11-20-8-7-13-1-4-16(21(23)24)9-14(13)10-20/h1-6,9,17,22H,7-8,10-12H2. The lowest BCUT2D eigenvalue weighted by Gasteiger charge is -2.30. The van der Waals surface area contributed by atoms with Gasteiger partial charge in [-0.15, -0.1) is 0 Å². The molecular formula is C18H19FN2O4. The number of hydrogen-bond acceptors (Lipinski definition) is 5. The van der Waals surface area contributed by atoms with Crippen molar-refractivity contribution in [1.82, 2.24) is 4.90 Å². The maximum absolute atomic E-state index is 12.8. The van der Waals surface area contributed by atoms with Crippen LogP contribution < -0.4 is 4.74 Å². The van der Waals surface area contributed by atoms with E-state index in [1.54, 1.807) is 12.1 Å². The van der Waals surface area contributed by atoms with Gasteiger partial charge in [-0.25, -0.2) is 4.39 Å². The highest BCUT2D eigenvalue weighted by atomic mass is 19.1. The Hall–Kier alpha value is -2.51. The first-order valence-corrected chi connectivity index (χ1v) is 8.06. The minimum absolute atomic E-state index is 0.0841. The first-order chi connectivity index (χ1) is 12.0. The highest BCUT2D eigenvalue weighted by Crippen LogP contribution is 2.24. The number of non-ortho nitro benzene ring substituents is 1. The van der Waals surface area contributed by atoms with Gasteiger partial charge in [-0.05, 0) is 41.8 Å². The highest BCUT2D eigenvalue weighted by Gasteiger charge is 2.21. The maximum atomic E-state index is 12.8. The van der Waals surface area contributed by atoms with Crippen molar-refractivity contribution in [1.29, 1.82) is 0 Å². The Morgan fingerprint density at radius 2 is 2.00 bits per heavy atom. The van der Waals surface area contributed by atoms with Crippen LogP contribution in [0.25, 0.3) is 0 Å². The number of β-amino-alcohol motifs (C(OH)–C–C–N with tert-alkyl or cyclic N) is 1. The lowest BCUT2D eigenvalue weighted by molar-refractivity contribution is -0.385. The molecule has 2 aromatic carbocycles. The number of aliphatic hydroxyl groups is 1. The topological polar surface area (TPSA) is 75.8 Å². The van der Waals surface area contributed by atoms with E-state index in [4.69, 9.17) is 4.74 Å². The van der Waals surface area contributed by atoms with E-state index in [1.165, 1.54) is 30.3 Å². The van der Waals surface area contributed by atoms with Crippen molar-refractivity contribution in [3.63, 3.8) is 0 Å². The minimum atomic E-state index is -0.703. The number of halogens is 1. The highest BCUT2D eigenvalue weighted by molar-refractivity contribution is 5.41. The van der Waals surface area contributed by atoms with Gasteiger partial charge < -0.3 is 9.84 Å². The smallest absolute Gasteiger partial charge is 0.269 e. The van der Waals surface area contributed by atoms with Crippen LogP contribution in [0, 0.1) is 15.9 Å². The Bertz CT molecular complexity index is 751. The van der Waals surface area contributed by atoms with Gasteiger partial charge in [0.2, 0.25) is 0 Å². The molecule has 7 heteroatoms. The molecular weight excluding hydrogens is 327 g/mol. The monoisotopic (exact) mass is 346 g/mol. The van der Waals surface area contributed by atoms with Crippen LogP contribution in [0.1, 0.15) is 11.1 Å². The molecule has 0 fully saturated rings. The Morgan fingerprint density at radius 1 is 1.24 bits per heavy atom. The molecule has 0 amide bonds. The number of rotatable bonds is 6. The third kappa shape index (κ3) is 4.52. The number of hydrogen-bond donors (Lipinski definition) is 1. The molecule has 0 aliphatic carbocycles. The van der Waals surface area contributed by atoms with Gasteiger partial charge >= 0.3 is 0 Å². The van der Waals surface area contributed by atoms with Crippen LogP contribution in [0.3, 0.4) is 0 Å². The average molecular weight is 346 g/mol. The number of fused-ring (bicyclic) bond motifs is 1. The SMILES string of the molecule is O=[N+]([O-])c1ccc2c(c1)CN(CC(O)COc1ccc(F)cc1)CC2. The van der Waals surface area contributed by atoms with Gasteiger partial charge in [0, 0.05) is 31.8 Å². The molecule has 25 heavy (non-hydrogen) atoms. The molecule has 1 aliphatic heterocycles. The van der Waals surface area contributed by atoms with E-state index in [0.29, 0.717) is 18.8 Å². The van der Waals surface area contributed by atoms with Crippen molar-refractivity contribution in [2.24, 2.45) is 0 Å². The summed E-state index contributed by atoms with van der Waals surface area (Å²) < 4.78 is 18.3. The third-order valence-electron chi connectivity index (χ3n) is 4.22. The van der Waals surface area contributed by atoms with E-state index in [9.17, 15) is 19.6 Å². The second-order valence-corrected chi connectivity index (χ2v) is 6.11. The van der Waals surface area contributed by atoms with E-state index in [2.05, 4.69) is 0 Å². The average Bonchev–Trinajstić information content (AvgIpc) is 2.60. The van der Waals surface area contributed by atoms with Gasteiger partial charge in [-0.1, -0.05) is 6.07 Å². The molecule has 1 N–H and O–H groups in total. The number of nitro groups is 1. The van der Waals surface area contributed by atoms with Crippen molar-refractivity contribution in [3.8, 4) is 5.75 Å². The molecule has 1 aliphatic rings. The van der Waals surface area contributed by atoms with Crippen LogP contribution in [0.5, 0.6) is 5.75 Å². The predicted octanol–water partition coefficient (Wildman–Crippen LogP) is 2.53. The van der Waals surface area contributed by atoms with Crippen molar-refractivity contribution in [3.05, 3.63) is 69.5 Å². The summed E-state index contributed by atoms with van der Waals surface area (Å²) in [6, 6.07) is 10.6. The summed E-state index contributed by atoms with van der Waals surface area (Å²) >= 11 is 0. The minimum Gasteiger partial charge on any atom is -0.491 e. The zero-order valence-corrected chi connectivity index (χ0v) is 13.6. The Kier molecular flexibility index (Phi) is 5.25. The Labute approximate surface area is 144 Å². The van der Waals surface area contributed by atoms with Crippen LogP contribution in [0.2, 0.25) is 0 Å². The van der Waals surface area contributed by atoms with Gasteiger partial charge in [0.1, 0.15) is 24.3 Å². The Morgan fingerprint density at radius 3 is 2.72 bits per heavy atom. The Balaban J connectivity index is 1.54. The molecule has 2 aromatic rings. The second-order valence-electron chi connectivity index (χ2n) is 6.11. The lowest BCUT2D eigenvalue weighted by atomic mass is 9.99. The van der Waals surface area contributed by atoms with Crippen LogP contribution in [0.15, 0.2) is 42.5 Å². The van der Waals surface area contributed by atoms with Crippen LogP contribution >= 0.6 is 0 Å². The summed E-state index contributed by atoms with van der Waals surface area (Å²) in [5.41, 5.74) is 2.12. The van der Waals surface area contributed by atoms with E-state index in [0.717, 1.165) is 24.1 Å². The van der Waals surface area contributed by atoms with E-state index in [-0.39, 0.29) is 18.1 Å². The summed E-state index contributed by atoms with van der Waals surface area (Å²) in [5.74, 6) is 0.161. The maximum Gasteiger partial charge on any atom is 0.269 e. The van der Waals surface area contributed by atoms with Crippen molar-refractivity contribution < 1.29 is 19.2 Å². The molecule has 1 unspecified atom stereocenters. The van der Waals surface area contributed by atoms with E-state index >= 15 is 0 Å². The number of ether oxygens (including phenoxy) is 1. The molecule has 0 aromatic heterocycles. The number of aliphatic hydroxyl groups excluding tert-OH is 1. The zero-order valence-electron chi connectivity index (χ0n) is 13.6. The quantitative estimate of drug-likeness (QED) is 0.642. The van der Waals surface area contributed by atoms with Crippen molar-refractivity contribution in [2.45, 2.75) is 19.1 Å². The fraction of sp³-hybridized carbons (Fsp3) is 0.333. The van der Waals surface area contributed by atoms with E-state index < -0.39 is 11.0 Å². The third-order valence-corrected chi connectivity index (χ3v) is 4.22. The van der Waals surface area contributed by atoms with Crippen LogP contribution in [-0.4, -0.2) is 40.7 Å². The normalized spacial score (nSPS) is 15.4. The van der Waals surface area contributed by atoms with Gasteiger partial charge in [-0.3, -0.25) is 15.0 Å². The summed E-state index contributed by atoms with van der Waals surface area (Å²) in [6.45, 7) is 1.84. The van der Waals surface area contributed by atoms with Gasteiger partial charge in [0.05, 0.1) is 4.92 Å². The first kappa shape index (κ1) is 17.3. The van der Waals surface area contributed by atoms with E-state index in [1.807, 2.05) is 4.90 Å². The molecule has 1 heterocycles. The van der Waals surface area contributed by atoms with Crippen molar-refractivity contribution in [2.75, 3.05) is 19.7 Å². The number of benzene rings is 2. The van der Waals surface area contributed by atoms with Crippen LogP contribution in [-0.2, 0) is 13.0 Å². The summed E-state index contributed by atoms with van der Waals surface area (Å²) in [5, 5.41) is 21.1. The summed E-state index contributed by atoms with van der Waals surface area (Å²) in [7, 11) is 0. The first-order valence-electron chi connectivity index (χ1n) is 8.06. The lowest BCUT2D eigenvalue weighted by Crippen LogP contribution is -2.38. The number of nitro benzene ring substituents is 1. The summed E-state index contributed by atoms with van der Waals surface area (Å²) in [6.07, 6.45) is 0.0871. The fourth-order valence-electron chi connectivity index (χ4n) is 2.95. The second kappa shape index (κ2) is 7.58. The zero-order chi connectivity index (χ0) is 17.8. The van der Waals surface area contributed by atoms with Gasteiger partial charge in [0.25, 0.3) is 5.69 Å². The molecule has 0 radical (unpaired) electrons. The molecule has 6 nitrogen and oxygen atoms in total. The van der Waals surface area contributed by atoms with Crippen LogP contribution in [0.4, 0.5) is 10.1 Å². The molecule has 1 atom stereocenters. The molecule has 0 saturated heterocycles. The largest absolute Gasteiger partial charge is 0.491 e. The summed E-state index contributed by atoms with van der Waals surface area (Å²) in [4.78, 5) is 12.5. The molecule has 0 bridgehead atoms. The van der Waals surface area contributed by atoms with Gasteiger partial charge in [-0.2, -0.15) is 0 Å². The molecule has 132 valence electrons.